The molecular weight excluding hydrogens is 295 g/mol. The molecule has 0 saturated heterocycles. The summed E-state index contributed by atoms with van der Waals surface area (Å²) in [6, 6.07) is 4.94. The van der Waals surface area contributed by atoms with E-state index in [1.807, 2.05) is 0 Å². The van der Waals surface area contributed by atoms with Gasteiger partial charge in [-0.1, -0.05) is 6.07 Å². The molecular formula is C12H13FN6O3. The van der Waals surface area contributed by atoms with Crippen LogP contribution in [0.4, 0.5) is 20.7 Å². The van der Waals surface area contributed by atoms with Gasteiger partial charge in [-0.05, 0) is 28.5 Å². The fraction of sp³-hybridized carbons (Fsp3) is 0.167. The van der Waals surface area contributed by atoms with E-state index in [1.54, 1.807) is 6.07 Å². The van der Waals surface area contributed by atoms with Gasteiger partial charge in [-0.15, -0.1) is 0 Å². The monoisotopic (exact) mass is 308 g/mol. The summed E-state index contributed by atoms with van der Waals surface area (Å²) in [6.07, 6.45) is 0. The van der Waals surface area contributed by atoms with Gasteiger partial charge in [0.05, 0.1) is 0 Å². The Labute approximate surface area is 124 Å². The van der Waals surface area contributed by atoms with E-state index in [4.69, 9.17) is 5.73 Å². The number of hydrogen-bond acceptors (Lipinski definition) is 6. The van der Waals surface area contributed by atoms with E-state index in [-0.39, 0.29) is 24.6 Å². The minimum Gasteiger partial charge on any atom is -0.379 e. The first-order chi connectivity index (χ1) is 10.6. The van der Waals surface area contributed by atoms with Crippen molar-refractivity contribution in [3.05, 3.63) is 35.8 Å². The van der Waals surface area contributed by atoms with Crippen LogP contribution < -0.4 is 21.7 Å². The lowest BCUT2D eigenvalue weighted by molar-refractivity contribution is 0.0944. The van der Waals surface area contributed by atoms with E-state index in [0.717, 1.165) is 0 Å². The lowest BCUT2D eigenvalue weighted by Crippen LogP contribution is -2.37. The highest BCUT2D eigenvalue weighted by Crippen LogP contribution is 2.08. The average Bonchev–Trinajstić information content (AvgIpc) is 2.89. The summed E-state index contributed by atoms with van der Waals surface area (Å²) in [6.45, 7) is 0.291. The number of nitrogens with zero attached hydrogens (tertiary/aromatic N) is 2. The quantitative estimate of drug-likeness (QED) is 0.588. The van der Waals surface area contributed by atoms with Crippen LogP contribution in [0.5, 0.6) is 0 Å². The number of carbonyl (C=O) groups excluding carboxylic acids is 2. The number of benzene rings is 1. The van der Waals surface area contributed by atoms with Gasteiger partial charge in [-0.3, -0.25) is 4.79 Å². The molecule has 0 saturated carbocycles. The molecule has 2 aromatic rings. The molecule has 0 unspecified atom stereocenters. The fourth-order valence-corrected chi connectivity index (χ4v) is 1.53. The summed E-state index contributed by atoms with van der Waals surface area (Å²) in [5.41, 5.74) is 5.55. The smallest absolute Gasteiger partial charge is 0.319 e. The van der Waals surface area contributed by atoms with Gasteiger partial charge in [0.2, 0.25) is 11.5 Å². The van der Waals surface area contributed by atoms with Crippen molar-refractivity contribution in [2.45, 2.75) is 0 Å². The zero-order chi connectivity index (χ0) is 15.9. The maximum Gasteiger partial charge on any atom is 0.319 e. The predicted octanol–water partition coefficient (Wildman–Crippen LogP) is 0.342. The second-order valence-electron chi connectivity index (χ2n) is 4.15. The molecule has 1 aromatic carbocycles. The standard InChI is InChI=1S/C12H13FN6O3/c13-7-2-1-3-8(6-7)17-12(21)16-5-4-15-11(20)9-10(14)19-22-18-9/h1-3,6H,4-5H2,(H2,14,19)(H,15,20)(H2,16,17,21). The van der Waals surface area contributed by atoms with Crippen molar-refractivity contribution in [1.29, 1.82) is 0 Å². The number of nitrogen functional groups attached to an aromatic ring is 1. The molecule has 0 aliphatic heterocycles. The van der Waals surface area contributed by atoms with Crippen molar-refractivity contribution in [2.75, 3.05) is 24.1 Å². The van der Waals surface area contributed by atoms with Crippen LogP contribution in [0.15, 0.2) is 28.9 Å². The Bertz CT molecular complexity index is 674. The van der Waals surface area contributed by atoms with Crippen LogP contribution in [0.2, 0.25) is 0 Å². The summed E-state index contributed by atoms with van der Waals surface area (Å²) in [7, 11) is 0. The minimum absolute atomic E-state index is 0.116. The highest BCUT2D eigenvalue weighted by atomic mass is 19.1. The normalized spacial score (nSPS) is 10.0. The molecule has 0 fully saturated rings. The molecule has 22 heavy (non-hydrogen) atoms. The van der Waals surface area contributed by atoms with Crippen LogP contribution in [0.3, 0.4) is 0 Å². The Morgan fingerprint density at radius 1 is 1.23 bits per heavy atom. The summed E-state index contributed by atoms with van der Waals surface area (Å²) >= 11 is 0. The van der Waals surface area contributed by atoms with Crippen LogP contribution in [-0.2, 0) is 0 Å². The molecule has 1 heterocycles. The van der Waals surface area contributed by atoms with Crippen LogP contribution >= 0.6 is 0 Å². The van der Waals surface area contributed by atoms with E-state index < -0.39 is 17.8 Å². The molecule has 0 aliphatic carbocycles. The van der Waals surface area contributed by atoms with Crippen LogP contribution in [0, 0.1) is 5.82 Å². The van der Waals surface area contributed by atoms with E-state index in [1.165, 1.54) is 18.2 Å². The number of nitrogens with two attached hydrogens (primary N) is 1. The third kappa shape index (κ3) is 4.16. The van der Waals surface area contributed by atoms with Crippen LogP contribution in [0.1, 0.15) is 10.5 Å². The van der Waals surface area contributed by atoms with Gasteiger partial charge >= 0.3 is 6.03 Å². The predicted molar refractivity (Wildman–Crippen MR) is 74.5 cm³/mol. The number of urea groups is 1. The second-order valence-corrected chi connectivity index (χ2v) is 4.15. The zero-order valence-corrected chi connectivity index (χ0v) is 11.3. The summed E-state index contributed by atoms with van der Waals surface area (Å²) < 4.78 is 17.2. The lowest BCUT2D eigenvalue weighted by Gasteiger charge is -2.08. The Kier molecular flexibility index (Phi) is 4.85. The number of aromatic nitrogens is 2. The molecule has 0 spiro atoms. The van der Waals surface area contributed by atoms with Crippen LogP contribution in [0.25, 0.3) is 0 Å². The Hall–Kier alpha value is -3.17. The number of hydrogen-bond donors (Lipinski definition) is 4. The number of carbonyl (C=O) groups is 2. The minimum atomic E-state index is -0.564. The second kappa shape index (κ2) is 7.02. The number of amides is 3. The number of rotatable bonds is 5. The van der Waals surface area contributed by atoms with Crippen molar-refractivity contribution in [3.63, 3.8) is 0 Å². The Morgan fingerprint density at radius 2 is 2.00 bits per heavy atom. The van der Waals surface area contributed by atoms with Gasteiger partial charge in [0.25, 0.3) is 5.91 Å². The van der Waals surface area contributed by atoms with Crippen molar-refractivity contribution < 1.29 is 18.6 Å². The maximum atomic E-state index is 12.9. The molecule has 0 radical (unpaired) electrons. The van der Waals surface area contributed by atoms with Gasteiger partial charge in [0.15, 0.2) is 0 Å². The lowest BCUT2D eigenvalue weighted by atomic mass is 10.3. The van der Waals surface area contributed by atoms with Gasteiger partial charge in [0, 0.05) is 18.8 Å². The molecule has 0 bridgehead atoms. The molecule has 1 aromatic heterocycles. The first-order valence-electron chi connectivity index (χ1n) is 6.23. The Morgan fingerprint density at radius 3 is 2.68 bits per heavy atom. The third-order valence-corrected chi connectivity index (χ3v) is 2.51. The van der Waals surface area contributed by atoms with E-state index >= 15 is 0 Å². The van der Waals surface area contributed by atoms with E-state index in [9.17, 15) is 14.0 Å². The summed E-state index contributed by atoms with van der Waals surface area (Å²) in [5.74, 6) is -1.13. The molecule has 9 nitrogen and oxygen atoms in total. The molecule has 0 atom stereocenters. The maximum absolute atomic E-state index is 12.9. The fourth-order valence-electron chi connectivity index (χ4n) is 1.53. The number of anilines is 2. The zero-order valence-electron chi connectivity index (χ0n) is 11.3. The van der Waals surface area contributed by atoms with E-state index in [2.05, 4.69) is 30.9 Å². The molecule has 0 aliphatic rings. The molecule has 2 rings (SSSR count). The topological polar surface area (TPSA) is 135 Å². The Balaban J connectivity index is 1.69. The third-order valence-electron chi connectivity index (χ3n) is 2.51. The number of halogens is 1. The average molecular weight is 308 g/mol. The SMILES string of the molecule is Nc1nonc1C(=O)NCCNC(=O)Nc1cccc(F)c1. The molecule has 3 amide bonds. The molecule has 5 N–H and O–H groups in total. The van der Waals surface area contributed by atoms with Crippen molar-refractivity contribution >= 4 is 23.4 Å². The van der Waals surface area contributed by atoms with Crippen LogP contribution in [-0.4, -0.2) is 35.3 Å². The summed E-state index contributed by atoms with van der Waals surface area (Å²) in [5, 5.41) is 14.0. The van der Waals surface area contributed by atoms with Gasteiger partial charge in [0.1, 0.15) is 5.82 Å². The largest absolute Gasteiger partial charge is 0.379 e. The van der Waals surface area contributed by atoms with Gasteiger partial charge in [-0.2, -0.15) is 0 Å². The van der Waals surface area contributed by atoms with Gasteiger partial charge in [-0.25, -0.2) is 13.8 Å². The van der Waals surface area contributed by atoms with Crippen molar-refractivity contribution in [1.82, 2.24) is 20.9 Å². The number of nitrogens with one attached hydrogen (secondary N) is 3. The van der Waals surface area contributed by atoms with Crippen molar-refractivity contribution in [3.8, 4) is 0 Å². The highest BCUT2D eigenvalue weighted by Gasteiger charge is 2.15. The highest BCUT2D eigenvalue weighted by molar-refractivity contribution is 5.96. The summed E-state index contributed by atoms with van der Waals surface area (Å²) in [4.78, 5) is 23.1. The van der Waals surface area contributed by atoms with Gasteiger partial charge < -0.3 is 21.7 Å². The van der Waals surface area contributed by atoms with E-state index in [0.29, 0.717) is 5.69 Å². The molecule has 10 heteroatoms. The van der Waals surface area contributed by atoms with Crippen molar-refractivity contribution in [2.24, 2.45) is 0 Å². The first kappa shape index (κ1) is 15.2. The first-order valence-corrected chi connectivity index (χ1v) is 6.23. The molecule has 116 valence electrons.